The van der Waals surface area contributed by atoms with Crippen LogP contribution in [0.5, 0.6) is 0 Å². The minimum absolute atomic E-state index is 0.112. The molecule has 1 fully saturated rings. The average Bonchev–Trinajstić information content (AvgIpc) is 3.50. The molecule has 30 heavy (non-hydrogen) atoms. The van der Waals surface area contributed by atoms with E-state index in [4.69, 9.17) is 11.6 Å². The minimum Gasteiger partial charge on any atom is -0.352 e. The molecular weight excluding hydrogens is 424 g/mol. The first-order valence-electron chi connectivity index (χ1n) is 10.0. The van der Waals surface area contributed by atoms with Crippen LogP contribution in [0.25, 0.3) is 0 Å². The molecule has 4 rings (SSSR count). The molecule has 8 heteroatoms. The van der Waals surface area contributed by atoms with Crippen LogP contribution in [0.15, 0.2) is 47.4 Å². The Morgan fingerprint density at radius 3 is 2.53 bits per heavy atom. The molecule has 0 unspecified atom stereocenters. The third-order valence-corrected chi connectivity index (χ3v) is 7.46. The maximum atomic E-state index is 12.7. The van der Waals surface area contributed by atoms with Crippen molar-refractivity contribution in [2.45, 2.75) is 37.1 Å². The van der Waals surface area contributed by atoms with Crippen molar-refractivity contribution in [1.29, 1.82) is 0 Å². The van der Waals surface area contributed by atoms with E-state index in [1.54, 1.807) is 41.3 Å². The highest BCUT2D eigenvalue weighted by molar-refractivity contribution is 7.91. The lowest BCUT2D eigenvalue weighted by Crippen LogP contribution is -2.30. The lowest BCUT2D eigenvalue weighted by Gasteiger charge is -2.17. The van der Waals surface area contributed by atoms with Gasteiger partial charge in [-0.15, -0.1) is 0 Å². The van der Waals surface area contributed by atoms with Crippen LogP contribution >= 0.6 is 11.6 Å². The van der Waals surface area contributed by atoms with Gasteiger partial charge >= 0.3 is 0 Å². The summed E-state index contributed by atoms with van der Waals surface area (Å²) in [7, 11) is -3.59. The summed E-state index contributed by atoms with van der Waals surface area (Å²) < 4.78 is 25.4. The SMILES string of the molecule is O=C(CCS(=O)(=O)c1ccc2c(c1)CCN2C(=O)C1CC1)NCc1ccc(Cl)cc1. The Morgan fingerprint density at radius 2 is 1.83 bits per heavy atom. The topological polar surface area (TPSA) is 83.6 Å². The third kappa shape index (κ3) is 4.68. The number of hydrogen-bond acceptors (Lipinski definition) is 4. The van der Waals surface area contributed by atoms with E-state index in [0.29, 0.717) is 24.5 Å². The molecule has 1 aliphatic carbocycles. The fourth-order valence-corrected chi connectivity index (χ4v) is 5.00. The van der Waals surface area contributed by atoms with Crippen LogP contribution in [0.4, 0.5) is 5.69 Å². The summed E-state index contributed by atoms with van der Waals surface area (Å²) in [5, 5.41) is 3.34. The van der Waals surface area contributed by atoms with Crippen LogP contribution in [0.2, 0.25) is 5.02 Å². The fourth-order valence-electron chi connectivity index (χ4n) is 3.59. The van der Waals surface area contributed by atoms with Crippen LogP contribution in [0.3, 0.4) is 0 Å². The van der Waals surface area contributed by atoms with Gasteiger partial charge in [0.15, 0.2) is 9.84 Å². The molecule has 2 aliphatic rings. The number of benzene rings is 2. The van der Waals surface area contributed by atoms with Gasteiger partial charge < -0.3 is 10.2 Å². The number of carbonyl (C=O) groups excluding carboxylic acids is 2. The van der Waals surface area contributed by atoms with Crippen molar-refractivity contribution in [3.8, 4) is 0 Å². The van der Waals surface area contributed by atoms with E-state index in [-0.39, 0.29) is 34.8 Å². The van der Waals surface area contributed by atoms with Gasteiger partial charge in [-0.3, -0.25) is 9.59 Å². The number of fused-ring (bicyclic) bond motifs is 1. The predicted molar refractivity (Wildman–Crippen MR) is 115 cm³/mol. The first-order chi connectivity index (χ1) is 14.3. The number of sulfone groups is 1. The van der Waals surface area contributed by atoms with E-state index in [2.05, 4.69) is 5.32 Å². The lowest BCUT2D eigenvalue weighted by atomic mass is 10.2. The summed E-state index contributed by atoms with van der Waals surface area (Å²) in [5.41, 5.74) is 2.57. The second kappa shape index (κ2) is 8.40. The maximum Gasteiger partial charge on any atom is 0.230 e. The monoisotopic (exact) mass is 446 g/mol. The van der Waals surface area contributed by atoms with Crippen LogP contribution in [0, 0.1) is 5.92 Å². The molecule has 0 atom stereocenters. The Hall–Kier alpha value is -2.38. The van der Waals surface area contributed by atoms with Crippen LogP contribution in [0.1, 0.15) is 30.4 Å². The van der Waals surface area contributed by atoms with Gasteiger partial charge in [0.2, 0.25) is 11.8 Å². The molecule has 1 aliphatic heterocycles. The molecular formula is C22H23ClN2O4S. The van der Waals surface area contributed by atoms with E-state index in [0.717, 1.165) is 29.7 Å². The molecule has 0 spiro atoms. The zero-order chi connectivity index (χ0) is 21.3. The van der Waals surface area contributed by atoms with Gasteiger partial charge in [0.05, 0.1) is 10.6 Å². The van der Waals surface area contributed by atoms with Gasteiger partial charge in [0, 0.05) is 36.1 Å². The van der Waals surface area contributed by atoms with Crippen LogP contribution in [-0.2, 0) is 32.4 Å². The van der Waals surface area contributed by atoms with E-state index in [1.807, 2.05) is 0 Å². The van der Waals surface area contributed by atoms with Gasteiger partial charge in [0.25, 0.3) is 0 Å². The first kappa shape index (κ1) is 20.9. The van der Waals surface area contributed by atoms with Crippen molar-refractivity contribution in [2.75, 3.05) is 17.2 Å². The van der Waals surface area contributed by atoms with Crippen LogP contribution in [-0.4, -0.2) is 32.5 Å². The zero-order valence-electron chi connectivity index (χ0n) is 16.4. The van der Waals surface area contributed by atoms with Crippen molar-refractivity contribution in [3.05, 3.63) is 58.6 Å². The second-order valence-corrected chi connectivity index (χ2v) is 10.3. The Bertz CT molecular complexity index is 1080. The van der Waals surface area contributed by atoms with Crippen molar-refractivity contribution in [1.82, 2.24) is 5.32 Å². The Balaban J connectivity index is 1.35. The van der Waals surface area contributed by atoms with E-state index in [9.17, 15) is 18.0 Å². The quantitative estimate of drug-likeness (QED) is 0.708. The average molecular weight is 447 g/mol. The van der Waals surface area contributed by atoms with Crippen molar-refractivity contribution >= 4 is 38.9 Å². The van der Waals surface area contributed by atoms with E-state index < -0.39 is 9.84 Å². The first-order valence-corrected chi connectivity index (χ1v) is 12.0. The number of carbonyl (C=O) groups is 2. The van der Waals surface area contributed by atoms with Gasteiger partial charge in [0.1, 0.15) is 0 Å². The predicted octanol–water partition coefficient (Wildman–Crippen LogP) is 3.12. The molecule has 2 aromatic rings. The third-order valence-electron chi connectivity index (χ3n) is 5.50. The summed E-state index contributed by atoms with van der Waals surface area (Å²) in [6.07, 6.45) is 2.42. The number of nitrogens with one attached hydrogen (secondary N) is 1. The Labute approximate surface area is 181 Å². The normalized spacial score (nSPS) is 15.7. The highest BCUT2D eigenvalue weighted by atomic mass is 35.5. The highest BCUT2D eigenvalue weighted by Crippen LogP contribution is 2.37. The number of anilines is 1. The molecule has 0 radical (unpaired) electrons. The van der Waals surface area contributed by atoms with Gasteiger partial charge in [-0.05, 0) is 60.7 Å². The largest absolute Gasteiger partial charge is 0.352 e. The van der Waals surface area contributed by atoms with E-state index in [1.165, 1.54) is 6.07 Å². The van der Waals surface area contributed by atoms with Gasteiger partial charge in [-0.25, -0.2) is 8.42 Å². The summed E-state index contributed by atoms with van der Waals surface area (Å²) in [6.45, 7) is 0.918. The zero-order valence-corrected chi connectivity index (χ0v) is 18.0. The molecule has 2 aromatic carbocycles. The number of rotatable bonds is 7. The molecule has 0 saturated heterocycles. The molecule has 0 aromatic heterocycles. The summed E-state index contributed by atoms with van der Waals surface area (Å²) >= 11 is 5.83. The summed E-state index contributed by atoms with van der Waals surface area (Å²) in [4.78, 5) is 26.4. The summed E-state index contributed by atoms with van der Waals surface area (Å²) in [6, 6.07) is 12.0. The lowest BCUT2D eigenvalue weighted by molar-refractivity contribution is -0.121. The molecule has 1 saturated carbocycles. The van der Waals surface area contributed by atoms with Crippen LogP contribution < -0.4 is 10.2 Å². The molecule has 6 nitrogen and oxygen atoms in total. The molecule has 2 amide bonds. The molecule has 0 bridgehead atoms. The highest BCUT2D eigenvalue weighted by Gasteiger charge is 2.36. The maximum absolute atomic E-state index is 12.7. The smallest absolute Gasteiger partial charge is 0.230 e. The molecule has 1 N–H and O–H groups in total. The fraction of sp³-hybridized carbons (Fsp3) is 0.364. The van der Waals surface area contributed by atoms with Gasteiger partial charge in [-0.2, -0.15) is 0 Å². The Morgan fingerprint density at radius 1 is 1.10 bits per heavy atom. The van der Waals surface area contributed by atoms with Crippen molar-refractivity contribution in [2.24, 2.45) is 5.92 Å². The van der Waals surface area contributed by atoms with Crippen molar-refractivity contribution < 1.29 is 18.0 Å². The number of amides is 2. The standard InChI is InChI=1S/C22H23ClN2O4S/c23-18-5-1-15(2-6-18)14-24-21(26)10-12-30(28,29)19-7-8-20-17(13-19)9-11-25(20)22(27)16-3-4-16/h1-2,5-8,13,16H,3-4,9-12,14H2,(H,24,26). The number of halogens is 1. The minimum atomic E-state index is -3.59. The number of nitrogens with zero attached hydrogens (tertiary/aromatic N) is 1. The summed E-state index contributed by atoms with van der Waals surface area (Å²) in [5.74, 6) is -0.313. The Kier molecular flexibility index (Phi) is 5.84. The second-order valence-electron chi connectivity index (χ2n) is 7.78. The molecule has 1 heterocycles. The van der Waals surface area contributed by atoms with Gasteiger partial charge in [-0.1, -0.05) is 23.7 Å². The molecule has 158 valence electrons. The van der Waals surface area contributed by atoms with Crippen molar-refractivity contribution in [3.63, 3.8) is 0 Å². The number of hydrogen-bond donors (Lipinski definition) is 1. The van der Waals surface area contributed by atoms with E-state index >= 15 is 0 Å².